The molecule has 5 rings (SSSR count). The summed E-state index contributed by atoms with van der Waals surface area (Å²) in [4.78, 5) is 0. The van der Waals surface area contributed by atoms with Crippen LogP contribution in [0, 0.1) is 10.8 Å². The summed E-state index contributed by atoms with van der Waals surface area (Å²) in [6, 6.07) is 18.3. The lowest BCUT2D eigenvalue weighted by atomic mass is 9.60. The summed E-state index contributed by atoms with van der Waals surface area (Å²) in [5, 5.41) is 18.7. The normalized spacial score (nSPS) is 33.5. The van der Waals surface area contributed by atoms with E-state index in [1.807, 2.05) is 36.4 Å². The van der Waals surface area contributed by atoms with Crippen LogP contribution in [0.4, 0.5) is 0 Å². The minimum Gasteiger partial charge on any atom is -0.457 e. The van der Waals surface area contributed by atoms with Crippen LogP contribution >= 0.6 is 0 Å². The number of ether oxygens (including phenoxy) is 2. The van der Waals surface area contributed by atoms with Crippen molar-refractivity contribution in [3.63, 3.8) is 0 Å². The zero-order chi connectivity index (χ0) is 19.2. The standard InChI is InChI=1S/C24H28O4/c25-15-19(26)7-5-11-22-16-23(22)12-13-24(23,27-17-22)18-6-4-10-21(14-18)28-20-8-2-1-3-9-20/h1-4,6,8-10,14,19,25-26H,5,7,11-13,15-17H2. The van der Waals surface area contributed by atoms with Crippen LogP contribution in [0.15, 0.2) is 54.6 Å². The van der Waals surface area contributed by atoms with Crippen molar-refractivity contribution >= 4 is 0 Å². The summed E-state index contributed by atoms with van der Waals surface area (Å²) in [5.41, 5.74) is 1.59. The molecule has 2 saturated carbocycles. The maximum absolute atomic E-state index is 9.64. The lowest BCUT2D eigenvalue weighted by Gasteiger charge is -2.48. The highest BCUT2D eigenvalue weighted by atomic mass is 16.5. The van der Waals surface area contributed by atoms with Crippen molar-refractivity contribution in [3.8, 4) is 11.5 Å². The van der Waals surface area contributed by atoms with Crippen molar-refractivity contribution in [2.75, 3.05) is 13.2 Å². The Bertz CT molecular complexity index is 849. The number of para-hydroxylation sites is 1. The highest BCUT2D eigenvalue weighted by Gasteiger charge is 2.84. The monoisotopic (exact) mass is 380 g/mol. The molecule has 4 heteroatoms. The molecule has 148 valence electrons. The topological polar surface area (TPSA) is 58.9 Å². The van der Waals surface area contributed by atoms with Crippen LogP contribution in [0.2, 0.25) is 0 Å². The average molecular weight is 380 g/mol. The van der Waals surface area contributed by atoms with E-state index in [-0.39, 0.29) is 23.0 Å². The molecule has 2 aromatic carbocycles. The first-order valence-electron chi connectivity index (χ1n) is 10.4. The van der Waals surface area contributed by atoms with E-state index >= 15 is 0 Å². The molecule has 28 heavy (non-hydrogen) atoms. The molecule has 4 atom stereocenters. The largest absolute Gasteiger partial charge is 0.457 e. The molecule has 1 spiro atoms. The van der Waals surface area contributed by atoms with Gasteiger partial charge >= 0.3 is 0 Å². The first kappa shape index (κ1) is 18.2. The third-order valence-corrected chi connectivity index (χ3v) is 7.48. The van der Waals surface area contributed by atoms with Crippen LogP contribution in [-0.2, 0) is 10.3 Å². The fourth-order valence-corrected chi connectivity index (χ4v) is 5.88. The maximum Gasteiger partial charge on any atom is 0.127 e. The summed E-state index contributed by atoms with van der Waals surface area (Å²) in [6.07, 6.45) is 5.61. The summed E-state index contributed by atoms with van der Waals surface area (Å²) < 4.78 is 12.6. The van der Waals surface area contributed by atoms with Crippen LogP contribution in [0.5, 0.6) is 11.5 Å². The zero-order valence-corrected chi connectivity index (χ0v) is 16.1. The van der Waals surface area contributed by atoms with Gasteiger partial charge in [-0.3, -0.25) is 0 Å². The number of hydrogen-bond acceptors (Lipinski definition) is 4. The predicted molar refractivity (Wildman–Crippen MR) is 106 cm³/mol. The second-order valence-corrected chi connectivity index (χ2v) is 8.83. The van der Waals surface area contributed by atoms with Gasteiger partial charge < -0.3 is 19.7 Å². The molecule has 1 heterocycles. The molecule has 3 aliphatic rings. The molecule has 0 aromatic heterocycles. The van der Waals surface area contributed by atoms with Gasteiger partial charge in [0.25, 0.3) is 0 Å². The minimum atomic E-state index is -0.591. The van der Waals surface area contributed by atoms with Gasteiger partial charge in [0.15, 0.2) is 0 Å². The van der Waals surface area contributed by atoms with E-state index in [4.69, 9.17) is 14.6 Å². The van der Waals surface area contributed by atoms with Crippen LogP contribution in [0.25, 0.3) is 0 Å². The molecule has 4 unspecified atom stereocenters. The fourth-order valence-electron chi connectivity index (χ4n) is 5.88. The Balaban J connectivity index is 1.33. The number of aliphatic hydroxyl groups excluding tert-OH is 2. The van der Waals surface area contributed by atoms with Crippen LogP contribution in [0.3, 0.4) is 0 Å². The summed E-state index contributed by atoms with van der Waals surface area (Å²) >= 11 is 0. The van der Waals surface area contributed by atoms with Gasteiger partial charge in [-0.1, -0.05) is 36.8 Å². The Morgan fingerprint density at radius 1 is 1.04 bits per heavy atom. The molecular weight excluding hydrogens is 352 g/mol. The zero-order valence-electron chi connectivity index (χ0n) is 16.1. The molecule has 4 nitrogen and oxygen atoms in total. The second kappa shape index (κ2) is 6.58. The Morgan fingerprint density at radius 3 is 2.61 bits per heavy atom. The Morgan fingerprint density at radius 2 is 1.86 bits per heavy atom. The molecule has 0 radical (unpaired) electrons. The van der Waals surface area contributed by atoms with E-state index in [0.717, 1.165) is 37.4 Å². The molecule has 3 fully saturated rings. The SMILES string of the molecule is OCC(O)CCCC12COC3(c4cccc(Oc5ccccc5)c4)CCC13C2. The summed E-state index contributed by atoms with van der Waals surface area (Å²) in [7, 11) is 0. The van der Waals surface area contributed by atoms with E-state index < -0.39 is 6.10 Å². The van der Waals surface area contributed by atoms with Gasteiger partial charge in [-0.05, 0) is 61.9 Å². The average Bonchev–Trinajstić information content (AvgIpc) is 3.36. The first-order valence-corrected chi connectivity index (χ1v) is 10.4. The maximum atomic E-state index is 9.64. The molecule has 2 N–H and O–H groups in total. The summed E-state index contributed by atoms with van der Waals surface area (Å²) in [5.74, 6) is 1.70. The summed E-state index contributed by atoms with van der Waals surface area (Å²) in [6.45, 7) is 0.665. The Kier molecular flexibility index (Phi) is 4.27. The lowest BCUT2D eigenvalue weighted by molar-refractivity contribution is -0.125. The molecule has 2 aromatic rings. The second-order valence-electron chi connectivity index (χ2n) is 8.83. The molecular formula is C24H28O4. The lowest BCUT2D eigenvalue weighted by Crippen LogP contribution is -2.46. The van der Waals surface area contributed by atoms with Crippen LogP contribution < -0.4 is 4.74 Å². The van der Waals surface area contributed by atoms with Gasteiger partial charge in [-0.25, -0.2) is 0 Å². The van der Waals surface area contributed by atoms with Gasteiger partial charge in [0.2, 0.25) is 0 Å². The van der Waals surface area contributed by atoms with Crippen LogP contribution in [0.1, 0.15) is 44.1 Å². The van der Waals surface area contributed by atoms with Crippen molar-refractivity contribution < 1.29 is 19.7 Å². The Hall–Kier alpha value is -1.88. The number of hydrogen-bond donors (Lipinski definition) is 2. The number of benzene rings is 2. The molecule has 2 aliphatic carbocycles. The number of rotatable bonds is 8. The van der Waals surface area contributed by atoms with E-state index in [0.29, 0.717) is 6.42 Å². The highest BCUT2D eigenvalue weighted by Crippen LogP contribution is 2.87. The predicted octanol–water partition coefficient (Wildman–Crippen LogP) is 4.40. The van der Waals surface area contributed by atoms with Crippen molar-refractivity contribution in [3.05, 3.63) is 60.2 Å². The van der Waals surface area contributed by atoms with Gasteiger partial charge in [0.1, 0.15) is 11.5 Å². The van der Waals surface area contributed by atoms with Gasteiger partial charge in [0, 0.05) is 10.8 Å². The fraction of sp³-hybridized carbons (Fsp3) is 0.500. The van der Waals surface area contributed by atoms with Gasteiger partial charge in [0.05, 0.1) is 24.9 Å². The van der Waals surface area contributed by atoms with Crippen molar-refractivity contribution in [2.24, 2.45) is 10.8 Å². The van der Waals surface area contributed by atoms with E-state index in [1.165, 1.54) is 18.4 Å². The van der Waals surface area contributed by atoms with Crippen molar-refractivity contribution in [2.45, 2.75) is 50.2 Å². The van der Waals surface area contributed by atoms with Crippen molar-refractivity contribution in [1.29, 1.82) is 0 Å². The molecule has 0 bridgehead atoms. The van der Waals surface area contributed by atoms with E-state index in [1.54, 1.807) is 0 Å². The van der Waals surface area contributed by atoms with Gasteiger partial charge in [-0.2, -0.15) is 0 Å². The number of aliphatic hydroxyl groups is 2. The third-order valence-electron chi connectivity index (χ3n) is 7.48. The van der Waals surface area contributed by atoms with Gasteiger partial charge in [-0.15, -0.1) is 0 Å². The highest BCUT2D eigenvalue weighted by molar-refractivity contribution is 5.44. The van der Waals surface area contributed by atoms with Crippen molar-refractivity contribution in [1.82, 2.24) is 0 Å². The third kappa shape index (κ3) is 2.55. The van der Waals surface area contributed by atoms with E-state index in [2.05, 4.69) is 18.2 Å². The smallest absolute Gasteiger partial charge is 0.127 e. The first-order chi connectivity index (χ1) is 13.6. The minimum absolute atomic E-state index is 0.146. The molecule has 0 amide bonds. The quantitative estimate of drug-likeness (QED) is 0.713. The van der Waals surface area contributed by atoms with Crippen LogP contribution in [-0.4, -0.2) is 29.5 Å². The Labute approximate surface area is 166 Å². The molecule has 1 aliphatic heterocycles. The molecule has 1 saturated heterocycles. The van der Waals surface area contributed by atoms with E-state index in [9.17, 15) is 5.11 Å².